The van der Waals surface area contributed by atoms with Crippen LogP contribution in [0.2, 0.25) is 0 Å². The summed E-state index contributed by atoms with van der Waals surface area (Å²) in [5.41, 5.74) is 1.58. The molecular formula is C11H9N3O2. The zero-order valence-corrected chi connectivity index (χ0v) is 8.67. The molecule has 2 aromatic heterocycles. The minimum absolute atomic E-state index is 0.333. The molecule has 0 unspecified atom stereocenters. The van der Waals surface area contributed by atoms with Gasteiger partial charge in [0.05, 0.1) is 29.4 Å². The summed E-state index contributed by atoms with van der Waals surface area (Å²) in [6.45, 7) is 2.08. The van der Waals surface area contributed by atoms with Gasteiger partial charge in [0.2, 0.25) is 0 Å². The average Bonchev–Trinajstić information content (AvgIpc) is 2.71. The number of pyridine rings is 1. The van der Waals surface area contributed by atoms with Gasteiger partial charge in [0.15, 0.2) is 0 Å². The Morgan fingerprint density at radius 2 is 2.44 bits per heavy atom. The van der Waals surface area contributed by atoms with E-state index < -0.39 is 5.97 Å². The number of hydrogen-bond acceptors (Lipinski definition) is 4. The van der Waals surface area contributed by atoms with Crippen LogP contribution < -0.4 is 0 Å². The number of aromatic nitrogens is 2. The molecule has 80 valence electrons. The number of esters is 1. The van der Waals surface area contributed by atoms with Crippen LogP contribution in [0.5, 0.6) is 0 Å². The van der Waals surface area contributed by atoms with Crippen molar-refractivity contribution in [3.05, 3.63) is 35.7 Å². The van der Waals surface area contributed by atoms with Gasteiger partial charge in [-0.3, -0.25) is 0 Å². The van der Waals surface area contributed by atoms with Crippen LogP contribution in [-0.2, 0) is 4.74 Å². The standard InChI is InChI=1S/C11H9N3O2/c1-2-16-11(15)8-3-4-10-9(5-12)6-13-14(10)7-8/h3-4,6-7H,2H2,1H3. The first-order valence-electron chi connectivity index (χ1n) is 4.81. The van der Waals surface area contributed by atoms with Gasteiger partial charge in [0.1, 0.15) is 6.07 Å². The van der Waals surface area contributed by atoms with E-state index in [0.29, 0.717) is 23.3 Å². The summed E-state index contributed by atoms with van der Waals surface area (Å²) in [7, 11) is 0. The maximum absolute atomic E-state index is 11.4. The highest BCUT2D eigenvalue weighted by Gasteiger charge is 2.09. The number of fused-ring (bicyclic) bond motifs is 1. The normalized spacial score (nSPS) is 10.0. The van der Waals surface area contributed by atoms with Crippen molar-refractivity contribution in [3.8, 4) is 6.07 Å². The Morgan fingerprint density at radius 1 is 1.62 bits per heavy atom. The Hall–Kier alpha value is -2.35. The van der Waals surface area contributed by atoms with Gasteiger partial charge < -0.3 is 4.74 Å². The quantitative estimate of drug-likeness (QED) is 0.710. The van der Waals surface area contributed by atoms with Gasteiger partial charge in [-0.1, -0.05) is 0 Å². The summed E-state index contributed by atoms with van der Waals surface area (Å²) in [6.07, 6.45) is 3.01. The smallest absolute Gasteiger partial charge is 0.339 e. The van der Waals surface area contributed by atoms with Gasteiger partial charge in [0, 0.05) is 6.20 Å². The Labute approximate surface area is 91.9 Å². The number of nitriles is 1. The molecule has 5 heteroatoms. The van der Waals surface area contributed by atoms with Crippen LogP contribution >= 0.6 is 0 Å². The Kier molecular flexibility index (Phi) is 2.56. The molecule has 0 saturated carbocycles. The van der Waals surface area contributed by atoms with Crippen molar-refractivity contribution in [1.29, 1.82) is 5.26 Å². The second-order valence-corrected chi connectivity index (χ2v) is 3.14. The fourth-order valence-electron chi connectivity index (χ4n) is 1.41. The highest BCUT2D eigenvalue weighted by atomic mass is 16.5. The summed E-state index contributed by atoms with van der Waals surface area (Å²) < 4.78 is 6.36. The lowest BCUT2D eigenvalue weighted by Gasteiger charge is -2.01. The van der Waals surface area contributed by atoms with Gasteiger partial charge in [-0.25, -0.2) is 9.31 Å². The van der Waals surface area contributed by atoms with Crippen LogP contribution in [0, 0.1) is 11.3 Å². The van der Waals surface area contributed by atoms with E-state index in [-0.39, 0.29) is 0 Å². The number of carbonyl (C=O) groups excluding carboxylic acids is 1. The maximum atomic E-state index is 11.4. The minimum Gasteiger partial charge on any atom is -0.462 e. The second-order valence-electron chi connectivity index (χ2n) is 3.14. The predicted molar refractivity (Wildman–Crippen MR) is 55.9 cm³/mol. The van der Waals surface area contributed by atoms with E-state index >= 15 is 0 Å². The van der Waals surface area contributed by atoms with Gasteiger partial charge in [-0.15, -0.1) is 0 Å². The predicted octanol–water partition coefficient (Wildman–Crippen LogP) is 1.38. The molecule has 2 heterocycles. The summed E-state index contributed by atoms with van der Waals surface area (Å²) in [5.74, 6) is -0.390. The van der Waals surface area contributed by atoms with Crippen molar-refractivity contribution in [3.63, 3.8) is 0 Å². The van der Waals surface area contributed by atoms with Crippen molar-refractivity contribution in [2.45, 2.75) is 6.92 Å². The molecule has 16 heavy (non-hydrogen) atoms. The molecule has 0 aliphatic rings. The third-order valence-corrected chi connectivity index (χ3v) is 2.15. The molecular weight excluding hydrogens is 206 g/mol. The SMILES string of the molecule is CCOC(=O)c1ccc2c(C#N)cnn2c1. The summed E-state index contributed by atoms with van der Waals surface area (Å²) in [5, 5.41) is 12.8. The summed E-state index contributed by atoms with van der Waals surface area (Å²) >= 11 is 0. The monoisotopic (exact) mass is 215 g/mol. The van der Waals surface area contributed by atoms with E-state index in [4.69, 9.17) is 10.00 Å². The largest absolute Gasteiger partial charge is 0.462 e. The first-order valence-corrected chi connectivity index (χ1v) is 4.81. The highest BCUT2D eigenvalue weighted by molar-refractivity contribution is 5.89. The topological polar surface area (TPSA) is 67.4 Å². The number of nitrogens with zero attached hydrogens (tertiary/aromatic N) is 3. The lowest BCUT2D eigenvalue weighted by atomic mass is 10.2. The number of rotatable bonds is 2. The minimum atomic E-state index is -0.390. The first-order chi connectivity index (χ1) is 7.76. The first kappa shape index (κ1) is 10.2. The van der Waals surface area contributed by atoms with Crippen LogP contribution in [0.4, 0.5) is 0 Å². The van der Waals surface area contributed by atoms with E-state index in [1.807, 2.05) is 6.07 Å². The number of ether oxygens (including phenoxy) is 1. The summed E-state index contributed by atoms with van der Waals surface area (Å²) in [6, 6.07) is 5.32. The molecule has 2 aromatic rings. The van der Waals surface area contributed by atoms with Gasteiger partial charge in [0.25, 0.3) is 0 Å². The summed E-state index contributed by atoms with van der Waals surface area (Å²) in [4.78, 5) is 11.4. The Morgan fingerprint density at radius 3 is 3.12 bits per heavy atom. The zero-order chi connectivity index (χ0) is 11.5. The second kappa shape index (κ2) is 4.03. The van der Waals surface area contributed by atoms with Gasteiger partial charge in [-0.05, 0) is 19.1 Å². The Balaban J connectivity index is 2.46. The molecule has 0 aliphatic carbocycles. The molecule has 0 fully saturated rings. The third kappa shape index (κ3) is 1.61. The molecule has 0 amide bonds. The average molecular weight is 215 g/mol. The van der Waals surface area contributed by atoms with Crippen LogP contribution in [0.1, 0.15) is 22.8 Å². The van der Waals surface area contributed by atoms with Crippen molar-refractivity contribution < 1.29 is 9.53 Å². The molecule has 0 spiro atoms. The third-order valence-electron chi connectivity index (χ3n) is 2.15. The van der Waals surface area contributed by atoms with E-state index in [0.717, 1.165) is 0 Å². The van der Waals surface area contributed by atoms with Gasteiger partial charge in [-0.2, -0.15) is 10.4 Å². The van der Waals surface area contributed by atoms with E-state index in [9.17, 15) is 4.79 Å². The molecule has 2 rings (SSSR count). The van der Waals surface area contributed by atoms with Crippen molar-refractivity contribution in [2.75, 3.05) is 6.61 Å². The van der Waals surface area contributed by atoms with Crippen LogP contribution in [0.15, 0.2) is 24.5 Å². The molecule has 5 nitrogen and oxygen atoms in total. The fourth-order valence-corrected chi connectivity index (χ4v) is 1.41. The Bertz CT molecular complexity index is 580. The molecule has 0 saturated heterocycles. The van der Waals surface area contributed by atoms with E-state index in [1.165, 1.54) is 10.7 Å². The van der Waals surface area contributed by atoms with E-state index in [1.54, 1.807) is 25.3 Å². The molecule has 0 aliphatic heterocycles. The van der Waals surface area contributed by atoms with Gasteiger partial charge >= 0.3 is 5.97 Å². The molecule has 0 atom stereocenters. The maximum Gasteiger partial charge on any atom is 0.339 e. The lowest BCUT2D eigenvalue weighted by molar-refractivity contribution is 0.0525. The lowest BCUT2D eigenvalue weighted by Crippen LogP contribution is -2.05. The molecule has 0 radical (unpaired) electrons. The fraction of sp³-hybridized carbons (Fsp3) is 0.182. The van der Waals surface area contributed by atoms with Crippen LogP contribution in [0.25, 0.3) is 5.52 Å². The number of hydrogen-bond donors (Lipinski definition) is 0. The van der Waals surface area contributed by atoms with E-state index in [2.05, 4.69) is 5.10 Å². The van der Waals surface area contributed by atoms with Crippen molar-refractivity contribution in [2.24, 2.45) is 0 Å². The van der Waals surface area contributed by atoms with Crippen LogP contribution in [0.3, 0.4) is 0 Å². The zero-order valence-electron chi connectivity index (χ0n) is 8.67. The van der Waals surface area contributed by atoms with Crippen molar-refractivity contribution in [1.82, 2.24) is 9.61 Å². The molecule has 0 N–H and O–H groups in total. The van der Waals surface area contributed by atoms with Crippen LogP contribution in [-0.4, -0.2) is 22.2 Å². The number of carbonyl (C=O) groups is 1. The highest BCUT2D eigenvalue weighted by Crippen LogP contribution is 2.11. The molecule has 0 bridgehead atoms. The van der Waals surface area contributed by atoms with Crippen molar-refractivity contribution >= 4 is 11.5 Å². The molecule has 0 aromatic carbocycles.